The van der Waals surface area contributed by atoms with Gasteiger partial charge in [0.1, 0.15) is 0 Å². The van der Waals surface area contributed by atoms with Gasteiger partial charge in [0.15, 0.2) is 0 Å². The Morgan fingerprint density at radius 1 is 1.28 bits per heavy atom. The highest BCUT2D eigenvalue weighted by Crippen LogP contribution is 2.22. The SMILES string of the molecule is NCC(c1ccc(Cl)cc1)N(CCO)CC(F)F. The minimum Gasteiger partial charge on any atom is -0.395 e. The maximum atomic E-state index is 12.5. The van der Waals surface area contributed by atoms with Crippen molar-refractivity contribution < 1.29 is 13.9 Å². The molecular weight excluding hydrogens is 262 g/mol. The van der Waals surface area contributed by atoms with Gasteiger partial charge in [-0.3, -0.25) is 4.90 Å². The molecule has 1 aromatic carbocycles. The molecule has 18 heavy (non-hydrogen) atoms. The number of alkyl halides is 2. The summed E-state index contributed by atoms with van der Waals surface area (Å²) in [4.78, 5) is 1.48. The third-order valence-electron chi connectivity index (χ3n) is 2.68. The van der Waals surface area contributed by atoms with E-state index in [4.69, 9.17) is 22.4 Å². The van der Waals surface area contributed by atoms with Crippen LogP contribution in [0.5, 0.6) is 0 Å². The summed E-state index contributed by atoms with van der Waals surface area (Å²) in [6.07, 6.45) is -2.46. The van der Waals surface area contributed by atoms with Gasteiger partial charge in [0.25, 0.3) is 6.43 Å². The summed E-state index contributed by atoms with van der Waals surface area (Å²) < 4.78 is 25.0. The Hall–Kier alpha value is -0.750. The lowest BCUT2D eigenvalue weighted by atomic mass is 10.1. The predicted molar refractivity (Wildman–Crippen MR) is 67.9 cm³/mol. The van der Waals surface area contributed by atoms with E-state index in [9.17, 15) is 8.78 Å². The topological polar surface area (TPSA) is 49.5 Å². The second-order valence-electron chi connectivity index (χ2n) is 3.91. The van der Waals surface area contributed by atoms with Gasteiger partial charge in [-0.05, 0) is 17.7 Å². The first-order chi connectivity index (χ1) is 8.58. The van der Waals surface area contributed by atoms with Crippen LogP contribution in [0.2, 0.25) is 5.02 Å². The number of nitrogens with zero attached hydrogens (tertiary/aromatic N) is 1. The molecule has 0 spiro atoms. The summed E-state index contributed by atoms with van der Waals surface area (Å²) >= 11 is 5.78. The van der Waals surface area contributed by atoms with E-state index in [2.05, 4.69) is 0 Å². The summed E-state index contributed by atoms with van der Waals surface area (Å²) in [5, 5.41) is 9.52. The maximum absolute atomic E-state index is 12.5. The van der Waals surface area contributed by atoms with E-state index < -0.39 is 13.0 Å². The molecule has 0 bridgehead atoms. The largest absolute Gasteiger partial charge is 0.395 e. The van der Waals surface area contributed by atoms with E-state index >= 15 is 0 Å². The first-order valence-electron chi connectivity index (χ1n) is 5.67. The number of halogens is 3. The molecule has 0 amide bonds. The van der Waals surface area contributed by atoms with Gasteiger partial charge in [-0.2, -0.15) is 0 Å². The summed E-state index contributed by atoms with van der Waals surface area (Å²) in [6.45, 7) is -0.231. The van der Waals surface area contributed by atoms with Crippen LogP contribution in [0.3, 0.4) is 0 Å². The fourth-order valence-corrected chi connectivity index (χ4v) is 1.99. The molecule has 0 fully saturated rings. The molecular formula is C12H17ClF2N2O. The van der Waals surface area contributed by atoms with Crippen molar-refractivity contribution in [2.75, 3.05) is 26.2 Å². The van der Waals surface area contributed by atoms with Crippen LogP contribution >= 0.6 is 11.6 Å². The predicted octanol–water partition coefficient (Wildman–Crippen LogP) is 1.90. The molecule has 0 saturated heterocycles. The molecule has 1 aromatic rings. The van der Waals surface area contributed by atoms with Crippen molar-refractivity contribution in [1.29, 1.82) is 0 Å². The van der Waals surface area contributed by atoms with Crippen molar-refractivity contribution in [3.63, 3.8) is 0 Å². The number of nitrogens with two attached hydrogens (primary N) is 1. The number of hydrogen-bond donors (Lipinski definition) is 2. The summed E-state index contributed by atoms with van der Waals surface area (Å²) in [7, 11) is 0. The van der Waals surface area contributed by atoms with E-state index in [1.807, 2.05) is 0 Å². The van der Waals surface area contributed by atoms with E-state index in [0.717, 1.165) is 5.56 Å². The van der Waals surface area contributed by atoms with Gasteiger partial charge in [0.05, 0.1) is 13.2 Å². The average molecular weight is 279 g/mol. The third-order valence-corrected chi connectivity index (χ3v) is 2.93. The first-order valence-corrected chi connectivity index (χ1v) is 6.05. The van der Waals surface area contributed by atoms with Gasteiger partial charge < -0.3 is 10.8 Å². The smallest absolute Gasteiger partial charge is 0.251 e. The second-order valence-corrected chi connectivity index (χ2v) is 4.35. The Kier molecular flexibility index (Phi) is 6.49. The second kappa shape index (κ2) is 7.63. The Balaban J connectivity index is 2.86. The Bertz CT molecular complexity index is 348. The molecule has 0 aromatic heterocycles. The molecule has 0 saturated carbocycles. The van der Waals surface area contributed by atoms with Crippen molar-refractivity contribution >= 4 is 11.6 Å². The number of aliphatic hydroxyl groups is 1. The molecule has 6 heteroatoms. The fourth-order valence-electron chi connectivity index (χ4n) is 1.86. The van der Waals surface area contributed by atoms with Crippen molar-refractivity contribution in [1.82, 2.24) is 4.90 Å². The number of aliphatic hydroxyl groups excluding tert-OH is 1. The molecule has 1 unspecified atom stereocenters. The Labute approximate surface area is 110 Å². The number of hydrogen-bond acceptors (Lipinski definition) is 3. The lowest BCUT2D eigenvalue weighted by Gasteiger charge is -2.30. The molecule has 0 aliphatic heterocycles. The minimum atomic E-state index is -2.46. The van der Waals surface area contributed by atoms with E-state index in [-0.39, 0.29) is 25.7 Å². The fraction of sp³-hybridized carbons (Fsp3) is 0.500. The van der Waals surface area contributed by atoms with E-state index in [0.29, 0.717) is 5.02 Å². The average Bonchev–Trinajstić information content (AvgIpc) is 2.32. The van der Waals surface area contributed by atoms with Crippen LogP contribution < -0.4 is 5.73 Å². The lowest BCUT2D eigenvalue weighted by molar-refractivity contribution is 0.0562. The highest BCUT2D eigenvalue weighted by Gasteiger charge is 2.21. The number of benzene rings is 1. The van der Waals surface area contributed by atoms with Crippen LogP contribution in [0, 0.1) is 0 Å². The zero-order chi connectivity index (χ0) is 13.5. The van der Waals surface area contributed by atoms with Crippen LogP contribution in [-0.2, 0) is 0 Å². The van der Waals surface area contributed by atoms with Crippen molar-refractivity contribution in [2.24, 2.45) is 5.73 Å². The summed E-state index contributed by atoms with van der Waals surface area (Å²) in [5.41, 5.74) is 6.46. The molecule has 0 radical (unpaired) electrons. The normalized spacial score (nSPS) is 13.3. The molecule has 0 heterocycles. The van der Waals surface area contributed by atoms with Crippen LogP contribution in [0.25, 0.3) is 0 Å². The van der Waals surface area contributed by atoms with Crippen molar-refractivity contribution in [3.05, 3.63) is 34.9 Å². The standard InChI is InChI=1S/C12H17ClF2N2O/c13-10-3-1-9(2-4-10)11(7-16)17(5-6-18)8-12(14)15/h1-4,11-12,18H,5-8,16H2. The van der Waals surface area contributed by atoms with Gasteiger partial charge in [-0.25, -0.2) is 8.78 Å². The van der Waals surface area contributed by atoms with Gasteiger partial charge in [0, 0.05) is 24.2 Å². The molecule has 0 aliphatic rings. The van der Waals surface area contributed by atoms with Crippen LogP contribution in [0.4, 0.5) is 8.78 Å². The van der Waals surface area contributed by atoms with Crippen LogP contribution in [0.15, 0.2) is 24.3 Å². The van der Waals surface area contributed by atoms with Gasteiger partial charge in [-0.1, -0.05) is 23.7 Å². The quantitative estimate of drug-likeness (QED) is 0.801. The molecule has 3 nitrogen and oxygen atoms in total. The van der Waals surface area contributed by atoms with Gasteiger partial charge >= 0.3 is 0 Å². The Morgan fingerprint density at radius 3 is 2.33 bits per heavy atom. The summed E-state index contributed by atoms with van der Waals surface area (Å²) in [5.74, 6) is 0. The third kappa shape index (κ3) is 4.49. The molecule has 102 valence electrons. The summed E-state index contributed by atoms with van der Waals surface area (Å²) in [6, 6.07) is 6.56. The van der Waals surface area contributed by atoms with Gasteiger partial charge in [-0.15, -0.1) is 0 Å². The van der Waals surface area contributed by atoms with Crippen molar-refractivity contribution in [2.45, 2.75) is 12.5 Å². The zero-order valence-electron chi connectivity index (χ0n) is 9.90. The highest BCUT2D eigenvalue weighted by molar-refractivity contribution is 6.30. The Morgan fingerprint density at radius 2 is 1.89 bits per heavy atom. The zero-order valence-corrected chi connectivity index (χ0v) is 10.7. The molecule has 3 N–H and O–H groups in total. The monoisotopic (exact) mass is 278 g/mol. The molecule has 0 aliphatic carbocycles. The minimum absolute atomic E-state index is 0.162. The van der Waals surface area contributed by atoms with Gasteiger partial charge in [0.2, 0.25) is 0 Å². The van der Waals surface area contributed by atoms with E-state index in [1.54, 1.807) is 24.3 Å². The lowest BCUT2D eigenvalue weighted by Crippen LogP contribution is -2.38. The van der Waals surface area contributed by atoms with Crippen molar-refractivity contribution in [3.8, 4) is 0 Å². The van der Waals surface area contributed by atoms with Crippen LogP contribution in [-0.4, -0.2) is 42.7 Å². The maximum Gasteiger partial charge on any atom is 0.251 e. The highest BCUT2D eigenvalue weighted by atomic mass is 35.5. The van der Waals surface area contributed by atoms with E-state index in [1.165, 1.54) is 4.90 Å². The van der Waals surface area contributed by atoms with Crippen LogP contribution in [0.1, 0.15) is 11.6 Å². The molecule has 1 rings (SSSR count). The molecule has 1 atom stereocenters. The first kappa shape index (κ1) is 15.3. The number of rotatable bonds is 7.